The van der Waals surface area contributed by atoms with Crippen LogP contribution >= 0.6 is 0 Å². The van der Waals surface area contributed by atoms with Gasteiger partial charge in [-0.1, -0.05) is 29.7 Å². The summed E-state index contributed by atoms with van der Waals surface area (Å²) < 4.78 is 26.3. The summed E-state index contributed by atoms with van der Waals surface area (Å²) in [5.74, 6) is 3.94. The minimum absolute atomic E-state index is 0.249. The molecule has 0 amide bonds. The molecule has 4 heteroatoms. The number of allylic oxidation sites excluding steroid dienone is 5. The standard InChI is InChI=1S/C18H17F2NO/c1-14(11-12-21-22)3-7-17(19)8-4-15(2)13-16-5-9-18(20)10-6-16/h4-6,8-12,14H,13H2,1-2H3/b12-11+,15-4+,17-8-/t14-/m1/s1. The van der Waals surface area contributed by atoms with E-state index < -0.39 is 5.83 Å². The van der Waals surface area contributed by atoms with Crippen molar-refractivity contribution in [1.29, 1.82) is 0 Å². The van der Waals surface area contributed by atoms with Gasteiger partial charge in [0.2, 0.25) is 0 Å². The zero-order valence-electron chi connectivity index (χ0n) is 12.5. The molecule has 1 rings (SSSR count). The van der Waals surface area contributed by atoms with Gasteiger partial charge in [-0.05, 0) is 61.2 Å². The van der Waals surface area contributed by atoms with Gasteiger partial charge in [-0.2, -0.15) is 4.39 Å². The van der Waals surface area contributed by atoms with Crippen LogP contribution in [0.15, 0.2) is 65.3 Å². The summed E-state index contributed by atoms with van der Waals surface area (Å²) >= 11 is 0. The van der Waals surface area contributed by atoms with Crippen LogP contribution in [-0.2, 0) is 6.42 Å². The van der Waals surface area contributed by atoms with Gasteiger partial charge in [0.1, 0.15) is 5.82 Å². The largest absolute Gasteiger partial charge is 0.207 e. The molecule has 0 aliphatic carbocycles. The zero-order valence-corrected chi connectivity index (χ0v) is 12.5. The third-order valence-electron chi connectivity index (χ3n) is 2.77. The van der Waals surface area contributed by atoms with Crippen molar-refractivity contribution >= 4 is 0 Å². The van der Waals surface area contributed by atoms with Gasteiger partial charge in [-0.15, -0.1) is 4.91 Å². The van der Waals surface area contributed by atoms with Crippen LogP contribution in [0.1, 0.15) is 19.4 Å². The van der Waals surface area contributed by atoms with Crippen LogP contribution in [0.3, 0.4) is 0 Å². The van der Waals surface area contributed by atoms with E-state index >= 15 is 0 Å². The first-order chi connectivity index (χ1) is 10.5. The maximum absolute atomic E-state index is 13.5. The van der Waals surface area contributed by atoms with Crippen LogP contribution in [-0.4, -0.2) is 0 Å². The van der Waals surface area contributed by atoms with Gasteiger partial charge in [-0.3, -0.25) is 0 Å². The summed E-state index contributed by atoms with van der Waals surface area (Å²) in [6, 6.07) is 6.18. The van der Waals surface area contributed by atoms with Crippen LogP contribution in [0.5, 0.6) is 0 Å². The molecule has 0 fully saturated rings. The molecule has 1 aromatic rings. The fourth-order valence-corrected chi connectivity index (χ4v) is 1.64. The van der Waals surface area contributed by atoms with Gasteiger partial charge >= 0.3 is 0 Å². The first-order valence-corrected chi connectivity index (χ1v) is 6.79. The Morgan fingerprint density at radius 2 is 2.00 bits per heavy atom. The maximum atomic E-state index is 13.5. The summed E-state index contributed by atoms with van der Waals surface area (Å²) in [5.41, 5.74) is 1.89. The lowest BCUT2D eigenvalue weighted by Crippen LogP contribution is -1.87. The van der Waals surface area contributed by atoms with E-state index in [2.05, 4.69) is 17.0 Å². The van der Waals surface area contributed by atoms with Crippen LogP contribution in [0.25, 0.3) is 0 Å². The highest BCUT2D eigenvalue weighted by molar-refractivity contribution is 5.30. The molecule has 114 valence electrons. The van der Waals surface area contributed by atoms with Crippen molar-refractivity contribution in [2.24, 2.45) is 11.1 Å². The highest BCUT2D eigenvalue weighted by Gasteiger charge is 1.96. The van der Waals surface area contributed by atoms with Crippen LogP contribution < -0.4 is 0 Å². The number of halogens is 2. The molecule has 0 saturated carbocycles. The summed E-state index contributed by atoms with van der Waals surface area (Å²) in [7, 11) is 0. The molecule has 2 nitrogen and oxygen atoms in total. The predicted molar refractivity (Wildman–Crippen MR) is 84.9 cm³/mol. The maximum Gasteiger partial charge on any atom is 0.173 e. The highest BCUT2D eigenvalue weighted by Crippen LogP contribution is 2.10. The lowest BCUT2D eigenvalue weighted by molar-refractivity contribution is 0.627. The fraction of sp³-hybridized carbons (Fsp3) is 0.222. The average Bonchev–Trinajstić information content (AvgIpc) is 2.51. The molecule has 22 heavy (non-hydrogen) atoms. The molecule has 0 unspecified atom stereocenters. The first kappa shape index (κ1) is 17.5. The Hall–Kier alpha value is -2.54. The lowest BCUT2D eigenvalue weighted by atomic mass is 10.1. The average molecular weight is 301 g/mol. The van der Waals surface area contributed by atoms with E-state index in [4.69, 9.17) is 0 Å². The number of nitrogens with zero attached hydrogens (tertiary/aromatic N) is 1. The molecule has 1 aromatic carbocycles. The van der Waals surface area contributed by atoms with Gasteiger partial charge in [0.25, 0.3) is 0 Å². The molecule has 0 spiro atoms. The second kappa shape index (κ2) is 9.41. The van der Waals surface area contributed by atoms with Crippen LogP contribution in [0.4, 0.5) is 8.78 Å². The lowest BCUT2D eigenvalue weighted by Gasteiger charge is -2.00. The van der Waals surface area contributed by atoms with Crippen molar-refractivity contribution in [3.8, 4) is 11.8 Å². The zero-order chi connectivity index (χ0) is 16.4. The quantitative estimate of drug-likeness (QED) is 0.423. The molecule has 0 aromatic heterocycles. The summed E-state index contributed by atoms with van der Waals surface area (Å²) in [4.78, 5) is 9.89. The summed E-state index contributed by atoms with van der Waals surface area (Å²) in [6.45, 7) is 3.60. The minimum Gasteiger partial charge on any atom is -0.207 e. The van der Waals surface area contributed by atoms with Crippen LogP contribution in [0, 0.1) is 28.5 Å². The Labute approximate surface area is 129 Å². The smallest absolute Gasteiger partial charge is 0.173 e. The molecule has 0 bridgehead atoms. The Morgan fingerprint density at radius 1 is 1.32 bits per heavy atom. The molecule has 0 aliphatic heterocycles. The van der Waals surface area contributed by atoms with Gasteiger partial charge < -0.3 is 0 Å². The van der Waals surface area contributed by atoms with E-state index in [-0.39, 0.29) is 11.7 Å². The van der Waals surface area contributed by atoms with E-state index in [1.165, 1.54) is 24.3 Å². The van der Waals surface area contributed by atoms with Crippen molar-refractivity contribution < 1.29 is 8.78 Å². The van der Waals surface area contributed by atoms with Crippen LogP contribution in [0.2, 0.25) is 0 Å². The monoisotopic (exact) mass is 301 g/mol. The third-order valence-corrected chi connectivity index (χ3v) is 2.77. The molecule has 1 atom stereocenters. The second-order valence-electron chi connectivity index (χ2n) is 4.84. The molecular weight excluding hydrogens is 284 g/mol. The van der Waals surface area contributed by atoms with Crippen molar-refractivity contribution in [2.75, 3.05) is 0 Å². The van der Waals surface area contributed by atoms with E-state index in [0.29, 0.717) is 6.42 Å². The SMILES string of the molecule is C/C(=C\C=C(/F)C#C[C@@H](C)/C=C/N=O)Cc1ccc(F)cc1. The van der Waals surface area contributed by atoms with Gasteiger partial charge in [0, 0.05) is 5.92 Å². The Morgan fingerprint density at radius 3 is 2.64 bits per heavy atom. The van der Waals surface area contributed by atoms with Crippen molar-refractivity contribution in [3.63, 3.8) is 0 Å². The first-order valence-electron chi connectivity index (χ1n) is 6.79. The Balaban J connectivity index is 2.64. The summed E-state index contributed by atoms with van der Waals surface area (Å²) in [5, 5.41) is 2.57. The van der Waals surface area contributed by atoms with E-state index in [1.807, 2.05) is 6.92 Å². The van der Waals surface area contributed by atoms with Crippen molar-refractivity contribution in [1.82, 2.24) is 0 Å². The minimum atomic E-state index is -0.558. The topological polar surface area (TPSA) is 29.4 Å². The van der Waals surface area contributed by atoms with Gasteiger partial charge in [0.05, 0.1) is 6.20 Å². The van der Waals surface area contributed by atoms with Gasteiger partial charge in [-0.25, -0.2) is 4.39 Å². The number of hydrogen-bond acceptors (Lipinski definition) is 2. The molecule has 0 aliphatic rings. The normalized spacial score (nSPS) is 13.6. The van der Waals surface area contributed by atoms with Crippen molar-refractivity contribution in [3.05, 3.63) is 76.4 Å². The number of nitroso groups, excluding NO2 is 1. The fourth-order valence-electron chi connectivity index (χ4n) is 1.64. The second-order valence-corrected chi connectivity index (χ2v) is 4.84. The molecule has 0 N–H and O–H groups in total. The predicted octanol–water partition coefficient (Wildman–Crippen LogP) is 5.09. The number of benzene rings is 1. The Kier molecular flexibility index (Phi) is 7.49. The van der Waals surface area contributed by atoms with E-state index in [1.54, 1.807) is 25.1 Å². The summed E-state index contributed by atoms with van der Waals surface area (Å²) in [6.07, 6.45) is 6.12. The molecular formula is C18H17F2NO. The van der Waals surface area contributed by atoms with E-state index in [9.17, 15) is 13.7 Å². The molecule has 0 saturated heterocycles. The third kappa shape index (κ3) is 7.30. The van der Waals surface area contributed by atoms with Gasteiger partial charge in [0.15, 0.2) is 5.83 Å². The molecule has 0 radical (unpaired) electrons. The van der Waals surface area contributed by atoms with E-state index in [0.717, 1.165) is 17.3 Å². The van der Waals surface area contributed by atoms with Crippen molar-refractivity contribution in [2.45, 2.75) is 20.3 Å². The number of rotatable bonds is 5. The number of hydrogen-bond donors (Lipinski definition) is 0. The Bertz CT molecular complexity index is 646. The highest BCUT2D eigenvalue weighted by atomic mass is 19.1. The molecule has 0 heterocycles.